The third kappa shape index (κ3) is 3.98. The van der Waals surface area contributed by atoms with Crippen LogP contribution in [0.2, 0.25) is 0 Å². The molecular formula is C26H22N2O4. The Morgan fingerprint density at radius 1 is 0.969 bits per heavy atom. The van der Waals surface area contributed by atoms with Crippen molar-refractivity contribution in [2.45, 2.75) is 18.4 Å². The SMILES string of the molecule is N#Cc1ccccc1CC(N)C(C(=O)O)C(=O)OCC1c2ccccc2-c2ccccc21. The van der Waals surface area contributed by atoms with E-state index in [4.69, 9.17) is 10.5 Å². The van der Waals surface area contributed by atoms with Crippen molar-refractivity contribution in [3.63, 3.8) is 0 Å². The van der Waals surface area contributed by atoms with Crippen LogP contribution in [0.4, 0.5) is 0 Å². The molecule has 0 radical (unpaired) electrons. The van der Waals surface area contributed by atoms with E-state index in [-0.39, 0.29) is 18.9 Å². The number of ether oxygens (including phenoxy) is 1. The molecule has 1 aliphatic rings. The van der Waals surface area contributed by atoms with Gasteiger partial charge in [0.15, 0.2) is 5.92 Å². The summed E-state index contributed by atoms with van der Waals surface area (Å²) in [5, 5.41) is 18.9. The molecule has 1 aliphatic carbocycles. The standard InChI is InChI=1S/C26H22N2O4/c27-14-17-8-2-1-7-16(17)13-23(28)24(25(29)30)26(31)32-15-22-20-11-5-3-9-18(20)19-10-4-6-12-21(19)22/h1-12,22-24H,13,15,28H2,(H,29,30). The normalized spacial score (nSPS) is 14.0. The smallest absolute Gasteiger partial charge is 0.321 e. The molecule has 0 amide bonds. The van der Waals surface area contributed by atoms with Crippen LogP contribution >= 0.6 is 0 Å². The first-order chi connectivity index (χ1) is 15.5. The van der Waals surface area contributed by atoms with E-state index < -0.39 is 23.9 Å². The molecule has 3 aromatic rings. The first-order valence-electron chi connectivity index (χ1n) is 10.3. The number of hydrogen-bond donors (Lipinski definition) is 2. The zero-order valence-electron chi connectivity index (χ0n) is 17.3. The summed E-state index contributed by atoms with van der Waals surface area (Å²) in [6, 6.07) is 23.6. The number of carboxylic acid groups (broad SMARTS) is 1. The highest BCUT2D eigenvalue weighted by Gasteiger charge is 2.36. The summed E-state index contributed by atoms with van der Waals surface area (Å²) in [5.41, 5.74) is 11.4. The maximum absolute atomic E-state index is 12.8. The molecule has 0 aromatic heterocycles. The highest BCUT2D eigenvalue weighted by molar-refractivity contribution is 5.95. The lowest BCUT2D eigenvalue weighted by molar-refractivity contribution is -0.159. The number of carboxylic acids is 1. The Morgan fingerprint density at radius 2 is 1.53 bits per heavy atom. The first-order valence-corrected chi connectivity index (χ1v) is 10.3. The van der Waals surface area contributed by atoms with Gasteiger partial charge in [0.05, 0.1) is 11.6 Å². The topological polar surface area (TPSA) is 113 Å². The van der Waals surface area contributed by atoms with E-state index in [1.165, 1.54) is 0 Å². The Hall–Kier alpha value is -3.95. The highest BCUT2D eigenvalue weighted by atomic mass is 16.5. The molecule has 2 atom stereocenters. The average molecular weight is 426 g/mol. The fourth-order valence-corrected chi connectivity index (χ4v) is 4.33. The lowest BCUT2D eigenvalue weighted by atomic mass is 9.92. The number of carbonyl (C=O) groups is 2. The van der Waals surface area contributed by atoms with Crippen LogP contribution in [0, 0.1) is 17.2 Å². The molecule has 0 bridgehead atoms. The van der Waals surface area contributed by atoms with Gasteiger partial charge in [-0.2, -0.15) is 5.26 Å². The minimum absolute atomic E-state index is 0.0259. The zero-order chi connectivity index (χ0) is 22.7. The Kier molecular flexibility index (Phi) is 6.02. The van der Waals surface area contributed by atoms with E-state index in [0.29, 0.717) is 11.1 Å². The van der Waals surface area contributed by atoms with Crippen LogP contribution in [0.1, 0.15) is 28.2 Å². The first kappa shape index (κ1) is 21.3. The molecule has 0 aliphatic heterocycles. The number of rotatable bonds is 7. The number of carbonyl (C=O) groups excluding carboxylic acids is 1. The van der Waals surface area contributed by atoms with E-state index in [2.05, 4.69) is 6.07 Å². The fraction of sp³-hybridized carbons (Fsp3) is 0.192. The van der Waals surface area contributed by atoms with Crippen molar-refractivity contribution in [3.8, 4) is 17.2 Å². The van der Waals surface area contributed by atoms with Crippen molar-refractivity contribution >= 4 is 11.9 Å². The molecule has 2 unspecified atom stereocenters. The van der Waals surface area contributed by atoms with Crippen LogP contribution in [-0.4, -0.2) is 29.7 Å². The predicted molar refractivity (Wildman–Crippen MR) is 119 cm³/mol. The molecule has 3 N–H and O–H groups in total. The number of benzene rings is 3. The second kappa shape index (κ2) is 9.04. The van der Waals surface area contributed by atoms with Gasteiger partial charge in [-0.3, -0.25) is 9.59 Å². The summed E-state index contributed by atoms with van der Waals surface area (Å²) in [5.74, 6) is -3.92. The molecule has 6 heteroatoms. The molecule has 6 nitrogen and oxygen atoms in total. The number of hydrogen-bond acceptors (Lipinski definition) is 5. The number of fused-ring (bicyclic) bond motifs is 3. The van der Waals surface area contributed by atoms with E-state index in [1.54, 1.807) is 24.3 Å². The fourth-order valence-electron chi connectivity index (χ4n) is 4.33. The molecule has 0 spiro atoms. The van der Waals surface area contributed by atoms with Gasteiger partial charge in [0.25, 0.3) is 0 Å². The zero-order valence-corrected chi connectivity index (χ0v) is 17.3. The Balaban J connectivity index is 1.51. The number of aliphatic carboxylic acids is 1. The third-order valence-corrected chi connectivity index (χ3v) is 5.90. The van der Waals surface area contributed by atoms with Crippen molar-refractivity contribution in [1.82, 2.24) is 0 Å². The van der Waals surface area contributed by atoms with E-state index in [9.17, 15) is 20.0 Å². The van der Waals surface area contributed by atoms with Crippen molar-refractivity contribution in [2.75, 3.05) is 6.61 Å². The Labute approximate surface area is 185 Å². The van der Waals surface area contributed by atoms with Gasteiger partial charge in [-0.25, -0.2) is 0 Å². The maximum Gasteiger partial charge on any atom is 0.321 e. The second-order valence-corrected chi connectivity index (χ2v) is 7.81. The van der Waals surface area contributed by atoms with Gasteiger partial charge >= 0.3 is 11.9 Å². The van der Waals surface area contributed by atoms with Crippen LogP contribution in [0.15, 0.2) is 72.8 Å². The lowest BCUT2D eigenvalue weighted by Gasteiger charge is -2.21. The molecule has 4 rings (SSSR count). The summed E-state index contributed by atoms with van der Waals surface area (Å²) < 4.78 is 5.51. The predicted octanol–water partition coefficient (Wildman–Crippen LogP) is 3.48. The molecule has 0 fully saturated rings. The quantitative estimate of drug-likeness (QED) is 0.442. The average Bonchev–Trinajstić information content (AvgIpc) is 3.11. The van der Waals surface area contributed by atoms with Crippen molar-refractivity contribution in [1.29, 1.82) is 5.26 Å². The Bertz CT molecular complexity index is 1170. The van der Waals surface area contributed by atoms with Gasteiger partial charge in [0.2, 0.25) is 0 Å². The minimum Gasteiger partial charge on any atom is -0.481 e. The van der Waals surface area contributed by atoms with E-state index in [0.717, 1.165) is 22.3 Å². The van der Waals surface area contributed by atoms with Gasteiger partial charge in [-0.1, -0.05) is 66.7 Å². The maximum atomic E-state index is 12.8. The second-order valence-electron chi connectivity index (χ2n) is 7.81. The Morgan fingerprint density at radius 3 is 2.12 bits per heavy atom. The molecule has 32 heavy (non-hydrogen) atoms. The number of esters is 1. The van der Waals surface area contributed by atoms with Crippen molar-refractivity contribution in [3.05, 3.63) is 95.1 Å². The van der Waals surface area contributed by atoms with Gasteiger partial charge in [-0.15, -0.1) is 0 Å². The van der Waals surface area contributed by atoms with Gasteiger partial charge < -0.3 is 15.6 Å². The van der Waals surface area contributed by atoms with Crippen molar-refractivity contribution < 1.29 is 19.4 Å². The summed E-state index contributed by atoms with van der Waals surface area (Å²) in [4.78, 5) is 24.7. The summed E-state index contributed by atoms with van der Waals surface area (Å²) in [6.07, 6.45) is 0.0743. The van der Waals surface area contributed by atoms with Gasteiger partial charge in [0.1, 0.15) is 6.61 Å². The monoisotopic (exact) mass is 426 g/mol. The number of nitrogens with two attached hydrogens (primary N) is 1. The van der Waals surface area contributed by atoms with Crippen LogP contribution in [-0.2, 0) is 20.7 Å². The third-order valence-electron chi connectivity index (χ3n) is 5.90. The highest BCUT2D eigenvalue weighted by Crippen LogP contribution is 2.44. The van der Waals surface area contributed by atoms with E-state index >= 15 is 0 Å². The molecule has 160 valence electrons. The van der Waals surface area contributed by atoms with Crippen LogP contribution in [0.5, 0.6) is 0 Å². The van der Waals surface area contributed by atoms with Crippen LogP contribution in [0.25, 0.3) is 11.1 Å². The van der Waals surface area contributed by atoms with E-state index in [1.807, 2.05) is 48.5 Å². The van der Waals surface area contributed by atoms with Crippen LogP contribution < -0.4 is 5.73 Å². The summed E-state index contributed by atoms with van der Waals surface area (Å²) in [7, 11) is 0. The van der Waals surface area contributed by atoms with Crippen LogP contribution in [0.3, 0.4) is 0 Å². The molecule has 3 aromatic carbocycles. The van der Waals surface area contributed by atoms with Gasteiger partial charge in [-0.05, 0) is 40.3 Å². The minimum atomic E-state index is -1.53. The lowest BCUT2D eigenvalue weighted by Crippen LogP contribution is -2.43. The van der Waals surface area contributed by atoms with Crippen molar-refractivity contribution in [2.24, 2.45) is 11.7 Å². The largest absolute Gasteiger partial charge is 0.481 e. The molecule has 0 saturated heterocycles. The van der Waals surface area contributed by atoms with Gasteiger partial charge in [0, 0.05) is 12.0 Å². The molecule has 0 saturated carbocycles. The number of nitrogens with zero attached hydrogens (tertiary/aromatic N) is 1. The molecule has 0 heterocycles. The summed E-state index contributed by atoms with van der Waals surface area (Å²) >= 11 is 0. The number of nitriles is 1. The summed E-state index contributed by atoms with van der Waals surface area (Å²) in [6.45, 7) is 0.0259. The molecular weight excluding hydrogens is 404 g/mol.